The molecule has 0 bridgehead atoms. The smallest absolute Gasteiger partial charge is 0.0922 e. The third kappa shape index (κ3) is 2.44. The monoisotopic (exact) mass is 242 g/mol. The summed E-state index contributed by atoms with van der Waals surface area (Å²) in [7, 11) is 0. The number of fused-ring (bicyclic) bond motifs is 1. The number of imidazole rings is 1. The van der Waals surface area contributed by atoms with Crippen molar-refractivity contribution in [1.82, 2.24) is 20.6 Å². The van der Waals surface area contributed by atoms with E-state index in [0.717, 1.165) is 31.7 Å². The molecule has 0 fully saturated rings. The number of aromatic nitrogens is 2. The molecule has 4 heteroatoms. The van der Waals surface area contributed by atoms with E-state index < -0.39 is 0 Å². The van der Waals surface area contributed by atoms with E-state index in [2.05, 4.69) is 44.9 Å². The Balaban J connectivity index is 1.75. The summed E-state index contributed by atoms with van der Waals surface area (Å²) in [6.45, 7) is 2.85. The lowest BCUT2D eigenvalue weighted by atomic mass is 9.99. The van der Waals surface area contributed by atoms with Gasteiger partial charge in [-0.05, 0) is 24.1 Å². The minimum Gasteiger partial charge on any atom is -0.347 e. The molecule has 18 heavy (non-hydrogen) atoms. The standard InChI is InChI=1S/C14H18N4/c1-2-4-13-11(3-1)7-15-6-5-14(13)17-9-12-8-16-10-18-12/h1-4,8,10,14-15,17H,5-7,9H2,(H,16,18). The molecule has 0 saturated heterocycles. The second-order valence-corrected chi connectivity index (χ2v) is 4.67. The Morgan fingerprint density at radius 2 is 2.28 bits per heavy atom. The fourth-order valence-electron chi connectivity index (χ4n) is 2.49. The molecular formula is C14H18N4. The van der Waals surface area contributed by atoms with Gasteiger partial charge in [-0.15, -0.1) is 0 Å². The topological polar surface area (TPSA) is 52.7 Å². The molecule has 94 valence electrons. The third-order valence-corrected chi connectivity index (χ3v) is 3.45. The van der Waals surface area contributed by atoms with Crippen LogP contribution in [0.25, 0.3) is 0 Å². The van der Waals surface area contributed by atoms with Crippen LogP contribution in [0.5, 0.6) is 0 Å². The maximum atomic E-state index is 4.04. The Kier molecular flexibility index (Phi) is 3.39. The maximum Gasteiger partial charge on any atom is 0.0922 e. The van der Waals surface area contributed by atoms with Gasteiger partial charge >= 0.3 is 0 Å². The van der Waals surface area contributed by atoms with Crippen LogP contribution in [-0.4, -0.2) is 16.5 Å². The van der Waals surface area contributed by atoms with Gasteiger partial charge in [0.25, 0.3) is 0 Å². The first kappa shape index (κ1) is 11.4. The van der Waals surface area contributed by atoms with Gasteiger partial charge in [-0.1, -0.05) is 24.3 Å². The predicted molar refractivity (Wildman–Crippen MR) is 70.9 cm³/mol. The predicted octanol–water partition coefficient (Wildman–Crippen LogP) is 1.73. The number of H-pyrrole nitrogens is 1. The molecule has 0 radical (unpaired) electrons. The van der Waals surface area contributed by atoms with Gasteiger partial charge in [-0.2, -0.15) is 0 Å². The molecule has 0 aliphatic carbocycles. The summed E-state index contributed by atoms with van der Waals surface area (Å²) in [5.41, 5.74) is 3.95. The molecule has 3 N–H and O–H groups in total. The quantitative estimate of drug-likeness (QED) is 0.768. The average Bonchev–Trinajstić information content (AvgIpc) is 2.84. The van der Waals surface area contributed by atoms with E-state index in [-0.39, 0.29) is 0 Å². The van der Waals surface area contributed by atoms with E-state index in [1.807, 2.05) is 6.20 Å². The van der Waals surface area contributed by atoms with Gasteiger partial charge in [-0.25, -0.2) is 4.98 Å². The van der Waals surface area contributed by atoms with Crippen molar-refractivity contribution < 1.29 is 0 Å². The van der Waals surface area contributed by atoms with Gasteiger partial charge in [0, 0.05) is 31.0 Å². The van der Waals surface area contributed by atoms with Crippen LogP contribution in [0.2, 0.25) is 0 Å². The average molecular weight is 242 g/mol. The maximum absolute atomic E-state index is 4.04. The lowest BCUT2D eigenvalue weighted by Gasteiger charge is -2.18. The van der Waals surface area contributed by atoms with E-state index in [1.165, 1.54) is 11.1 Å². The Morgan fingerprint density at radius 3 is 3.17 bits per heavy atom. The van der Waals surface area contributed by atoms with Crippen LogP contribution < -0.4 is 10.6 Å². The number of nitrogens with one attached hydrogen (secondary N) is 3. The highest BCUT2D eigenvalue weighted by molar-refractivity contribution is 5.31. The highest BCUT2D eigenvalue weighted by Gasteiger charge is 2.17. The van der Waals surface area contributed by atoms with Crippen LogP contribution in [0.15, 0.2) is 36.8 Å². The van der Waals surface area contributed by atoms with Gasteiger partial charge in [0.2, 0.25) is 0 Å². The molecule has 0 spiro atoms. The minimum atomic E-state index is 0.416. The van der Waals surface area contributed by atoms with Gasteiger partial charge in [0.05, 0.1) is 6.33 Å². The summed E-state index contributed by atoms with van der Waals surface area (Å²) in [5.74, 6) is 0. The minimum absolute atomic E-state index is 0.416. The Labute approximate surface area is 107 Å². The SMILES string of the molecule is c1ccc2c(c1)CNCCC2NCc1cnc[nH]1. The van der Waals surface area contributed by atoms with Gasteiger partial charge in [0.15, 0.2) is 0 Å². The van der Waals surface area contributed by atoms with E-state index in [1.54, 1.807) is 6.33 Å². The third-order valence-electron chi connectivity index (χ3n) is 3.45. The lowest BCUT2D eigenvalue weighted by Crippen LogP contribution is -2.22. The molecule has 1 aliphatic heterocycles. The first-order chi connectivity index (χ1) is 8.93. The Morgan fingerprint density at radius 1 is 1.33 bits per heavy atom. The zero-order valence-electron chi connectivity index (χ0n) is 10.3. The normalized spacial score (nSPS) is 19.2. The summed E-state index contributed by atoms with van der Waals surface area (Å²) in [5, 5.41) is 7.08. The van der Waals surface area contributed by atoms with Crippen molar-refractivity contribution >= 4 is 0 Å². The molecular weight excluding hydrogens is 224 g/mol. The van der Waals surface area contributed by atoms with Crippen molar-refractivity contribution in [3.63, 3.8) is 0 Å². The van der Waals surface area contributed by atoms with Gasteiger partial charge in [0.1, 0.15) is 0 Å². The van der Waals surface area contributed by atoms with Crippen LogP contribution >= 0.6 is 0 Å². The molecule has 2 aromatic rings. The van der Waals surface area contributed by atoms with Crippen LogP contribution in [0.3, 0.4) is 0 Å². The summed E-state index contributed by atoms with van der Waals surface area (Å²) < 4.78 is 0. The van der Waals surface area contributed by atoms with Crippen LogP contribution in [0, 0.1) is 0 Å². The Hall–Kier alpha value is -1.65. The number of aromatic amines is 1. The van der Waals surface area contributed by atoms with E-state index >= 15 is 0 Å². The molecule has 4 nitrogen and oxygen atoms in total. The largest absolute Gasteiger partial charge is 0.347 e. The zero-order chi connectivity index (χ0) is 12.2. The summed E-state index contributed by atoms with van der Waals surface area (Å²) in [4.78, 5) is 7.17. The summed E-state index contributed by atoms with van der Waals surface area (Å²) in [6, 6.07) is 9.08. The number of benzene rings is 1. The molecule has 1 atom stereocenters. The van der Waals surface area contributed by atoms with Crippen molar-refractivity contribution in [1.29, 1.82) is 0 Å². The first-order valence-corrected chi connectivity index (χ1v) is 6.42. The molecule has 1 aromatic heterocycles. The molecule has 3 rings (SSSR count). The van der Waals surface area contributed by atoms with E-state index in [9.17, 15) is 0 Å². The van der Waals surface area contributed by atoms with E-state index in [0.29, 0.717) is 6.04 Å². The van der Waals surface area contributed by atoms with Gasteiger partial charge < -0.3 is 15.6 Å². The van der Waals surface area contributed by atoms with E-state index in [4.69, 9.17) is 0 Å². The molecule has 2 heterocycles. The van der Waals surface area contributed by atoms with Crippen LogP contribution in [0.1, 0.15) is 29.3 Å². The first-order valence-electron chi connectivity index (χ1n) is 6.42. The molecule has 0 amide bonds. The molecule has 1 unspecified atom stereocenters. The van der Waals surface area contributed by atoms with Crippen molar-refractivity contribution in [2.45, 2.75) is 25.6 Å². The molecule has 1 aliphatic rings. The molecule has 0 saturated carbocycles. The van der Waals surface area contributed by atoms with Crippen molar-refractivity contribution in [2.24, 2.45) is 0 Å². The van der Waals surface area contributed by atoms with Crippen molar-refractivity contribution in [3.05, 3.63) is 53.6 Å². The summed E-state index contributed by atoms with van der Waals surface area (Å²) in [6.07, 6.45) is 4.71. The fourth-order valence-corrected chi connectivity index (χ4v) is 2.49. The number of rotatable bonds is 3. The second-order valence-electron chi connectivity index (χ2n) is 4.67. The molecule has 1 aromatic carbocycles. The summed E-state index contributed by atoms with van der Waals surface area (Å²) >= 11 is 0. The number of nitrogens with zero attached hydrogens (tertiary/aromatic N) is 1. The number of hydrogen-bond acceptors (Lipinski definition) is 3. The van der Waals surface area contributed by atoms with Gasteiger partial charge in [-0.3, -0.25) is 0 Å². The lowest BCUT2D eigenvalue weighted by molar-refractivity contribution is 0.493. The zero-order valence-corrected chi connectivity index (χ0v) is 10.3. The highest BCUT2D eigenvalue weighted by atomic mass is 15.0. The van der Waals surface area contributed by atoms with Crippen molar-refractivity contribution in [2.75, 3.05) is 6.54 Å². The van der Waals surface area contributed by atoms with Crippen LogP contribution in [-0.2, 0) is 13.1 Å². The van der Waals surface area contributed by atoms with Crippen LogP contribution in [0.4, 0.5) is 0 Å². The highest BCUT2D eigenvalue weighted by Crippen LogP contribution is 2.23. The Bertz CT molecular complexity index is 492. The number of hydrogen-bond donors (Lipinski definition) is 3. The fraction of sp³-hybridized carbons (Fsp3) is 0.357. The second kappa shape index (κ2) is 5.33. The van der Waals surface area contributed by atoms with Crippen molar-refractivity contribution in [3.8, 4) is 0 Å².